The summed E-state index contributed by atoms with van der Waals surface area (Å²) in [4.78, 5) is 10.8. The van der Waals surface area contributed by atoms with E-state index in [0.29, 0.717) is 10.7 Å². The number of nitrogens with one attached hydrogen (secondary N) is 1. The third-order valence-corrected chi connectivity index (χ3v) is 2.80. The van der Waals surface area contributed by atoms with Crippen LogP contribution in [0.3, 0.4) is 0 Å². The minimum absolute atomic E-state index is 0.425. The molecule has 0 saturated heterocycles. The Hall–Kier alpha value is -1.89. The molecule has 0 aliphatic heterocycles. The number of amides is 2. The lowest BCUT2D eigenvalue weighted by Gasteiger charge is -1.98. The van der Waals surface area contributed by atoms with Gasteiger partial charge in [0.2, 0.25) is 0 Å². The van der Waals surface area contributed by atoms with E-state index in [-0.39, 0.29) is 0 Å². The van der Waals surface area contributed by atoms with Gasteiger partial charge in [0.1, 0.15) is 0 Å². The number of urea groups is 1. The molecule has 0 atom stereocenters. The molecule has 0 aliphatic rings. The van der Waals surface area contributed by atoms with E-state index in [9.17, 15) is 13.2 Å². The van der Waals surface area contributed by atoms with E-state index >= 15 is 0 Å². The molecule has 5 nitrogen and oxygen atoms in total. The first-order valence-corrected chi connectivity index (χ1v) is 7.34. The third kappa shape index (κ3) is 8.09. The smallest absolute Gasteiger partial charge is 0.305 e. The first-order valence-electron chi connectivity index (χ1n) is 5.55. The molecule has 0 spiro atoms. The Labute approximate surface area is 133 Å². The highest BCUT2D eigenvalue weighted by molar-refractivity contribution is 7.62. The highest BCUT2D eigenvalue weighted by atomic mass is 35.5. The summed E-state index contributed by atoms with van der Waals surface area (Å²) in [5.41, 5.74) is 0.425. The molecule has 0 aliphatic carbocycles. The second-order valence-electron chi connectivity index (χ2n) is 3.54. The Balaban J connectivity index is 0.000000262. The van der Waals surface area contributed by atoms with E-state index in [0.717, 1.165) is 5.02 Å². The molecule has 2 rings (SSSR count). The maximum absolute atomic E-state index is 10.8. The number of hydrogen-bond acceptors (Lipinski definition) is 3. The zero-order valence-corrected chi connectivity index (χ0v) is 12.9. The summed E-state index contributed by atoms with van der Waals surface area (Å²) >= 11 is 11.1. The van der Waals surface area contributed by atoms with Crippen molar-refractivity contribution in [1.29, 1.82) is 0 Å². The minimum Gasteiger partial charge on any atom is -0.305 e. The summed E-state index contributed by atoms with van der Waals surface area (Å²) in [5, 5.41) is 3.56. The zero-order valence-electron chi connectivity index (χ0n) is 10.5. The van der Waals surface area contributed by atoms with Crippen LogP contribution in [0.2, 0.25) is 10.0 Å². The highest BCUT2D eigenvalue weighted by Gasteiger charge is 1.99. The number of nitrogens with zero attached hydrogens (tertiary/aromatic N) is 1. The second kappa shape index (κ2) is 9.12. The average molecular weight is 345 g/mol. The van der Waals surface area contributed by atoms with Crippen molar-refractivity contribution in [2.24, 2.45) is 4.36 Å². The van der Waals surface area contributed by atoms with Crippen LogP contribution < -0.4 is 5.32 Å². The summed E-state index contributed by atoms with van der Waals surface area (Å²) in [7, 11) is -2.74. The molecule has 21 heavy (non-hydrogen) atoms. The van der Waals surface area contributed by atoms with Crippen LogP contribution in [-0.4, -0.2) is 14.4 Å². The van der Waals surface area contributed by atoms with Gasteiger partial charge >= 0.3 is 16.5 Å². The Kier molecular flexibility index (Phi) is 7.45. The van der Waals surface area contributed by atoms with Crippen LogP contribution in [0.5, 0.6) is 0 Å². The van der Waals surface area contributed by atoms with E-state index < -0.39 is 16.5 Å². The predicted molar refractivity (Wildman–Crippen MR) is 83.3 cm³/mol. The highest BCUT2D eigenvalue weighted by Crippen LogP contribution is 2.13. The number of hydrogen-bond donors (Lipinski definition) is 1. The first kappa shape index (κ1) is 17.2. The molecule has 1 N–H and O–H groups in total. The van der Waals surface area contributed by atoms with Gasteiger partial charge in [-0.2, -0.15) is 8.42 Å². The van der Waals surface area contributed by atoms with Crippen molar-refractivity contribution in [3.63, 3.8) is 0 Å². The molecule has 0 fully saturated rings. The van der Waals surface area contributed by atoms with Crippen LogP contribution in [0.25, 0.3) is 0 Å². The number of benzene rings is 2. The number of rotatable bonds is 1. The Bertz CT molecular complexity index is 709. The van der Waals surface area contributed by atoms with Crippen molar-refractivity contribution in [2.45, 2.75) is 0 Å². The molecule has 2 aromatic rings. The molecule has 2 amide bonds. The minimum atomic E-state index is -2.74. The van der Waals surface area contributed by atoms with Gasteiger partial charge in [-0.3, -0.25) is 0 Å². The van der Waals surface area contributed by atoms with Crippen LogP contribution in [0.4, 0.5) is 10.5 Å². The predicted octanol–water partition coefficient (Wildman–Crippen LogP) is 4.27. The lowest BCUT2D eigenvalue weighted by Crippen LogP contribution is -2.05. The third-order valence-electron chi connectivity index (χ3n) is 1.99. The Morgan fingerprint density at radius 3 is 1.86 bits per heavy atom. The fourth-order valence-electron chi connectivity index (χ4n) is 1.16. The van der Waals surface area contributed by atoms with Gasteiger partial charge in [0, 0.05) is 15.7 Å². The van der Waals surface area contributed by atoms with Crippen molar-refractivity contribution >= 4 is 45.4 Å². The molecular formula is C13H10Cl2N2O3S. The zero-order chi connectivity index (χ0) is 15.7. The molecule has 0 heterocycles. The van der Waals surface area contributed by atoms with Gasteiger partial charge in [-0.25, -0.2) is 4.79 Å². The lowest BCUT2D eigenvalue weighted by atomic mass is 10.3. The van der Waals surface area contributed by atoms with Crippen LogP contribution in [0, 0.1) is 0 Å². The SMILES string of the molecule is Clc1ccccc1.O=C(N=S(=O)=O)Nc1ccc(Cl)cc1. The molecular weight excluding hydrogens is 335 g/mol. The van der Waals surface area contributed by atoms with Gasteiger partial charge in [0.05, 0.1) is 0 Å². The van der Waals surface area contributed by atoms with Gasteiger partial charge in [-0.05, 0) is 36.4 Å². The van der Waals surface area contributed by atoms with E-state index in [1.165, 1.54) is 12.1 Å². The van der Waals surface area contributed by atoms with Crippen LogP contribution in [0.1, 0.15) is 0 Å². The normalized spacial score (nSPS) is 9.05. The number of halogens is 2. The van der Waals surface area contributed by atoms with Crippen molar-refractivity contribution in [3.05, 3.63) is 64.6 Å². The van der Waals surface area contributed by atoms with Crippen LogP contribution in [-0.2, 0) is 10.5 Å². The molecule has 0 unspecified atom stereocenters. The van der Waals surface area contributed by atoms with Gasteiger partial charge in [-0.15, -0.1) is 0 Å². The second-order valence-corrected chi connectivity index (χ2v) is 5.03. The van der Waals surface area contributed by atoms with Crippen molar-refractivity contribution in [3.8, 4) is 0 Å². The maximum atomic E-state index is 10.8. The van der Waals surface area contributed by atoms with Crippen LogP contribution in [0.15, 0.2) is 59.0 Å². The number of carbonyl (C=O) groups is 1. The van der Waals surface area contributed by atoms with Crippen molar-refractivity contribution < 1.29 is 13.2 Å². The van der Waals surface area contributed by atoms with Crippen molar-refractivity contribution in [1.82, 2.24) is 0 Å². The van der Waals surface area contributed by atoms with Crippen LogP contribution >= 0.6 is 23.2 Å². The number of carbonyl (C=O) groups excluding carboxylic acids is 1. The first-order chi connectivity index (χ1) is 9.97. The van der Waals surface area contributed by atoms with E-state index in [2.05, 4.69) is 9.68 Å². The van der Waals surface area contributed by atoms with Gasteiger partial charge in [-0.1, -0.05) is 45.8 Å². The van der Waals surface area contributed by atoms with Gasteiger partial charge in [0.15, 0.2) is 0 Å². The summed E-state index contributed by atoms with van der Waals surface area (Å²) in [6.07, 6.45) is 0. The van der Waals surface area contributed by atoms with Gasteiger partial charge in [0.25, 0.3) is 0 Å². The van der Waals surface area contributed by atoms with Crippen molar-refractivity contribution in [2.75, 3.05) is 5.32 Å². The monoisotopic (exact) mass is 344 g/mol. The Morgan fingerprint density at radius 1 is 0.905 bits per heavy atom. The summed E-state index contributed by atoms with van der Waals surface area (Å²) in [5.74, 6) is 0. The van der Waals surface area contributed by atoms with E-state index in [4.69, 9.17) is 23.2 Å². The Morgan fingerprint density at radius 2 is 1.43 bits per heavy atom. The van der Waals surface area contributed by atoms with Gasteiger partial charge < -0.3 is 5.32 Å². The fourth-order valence-corrected chi connectivity index (χ4v) is 1.61. The summed E-state index contributed by atoms with van der Waals surface area (Å²) < 4.78 is 22.7. The maximum Gasteiger partial charge on any atom is 0.360 e. The number of anilines is 1. The molecule has 8 heteroatoms. The average Bonchev–Trinajstić information content (AvgIpc) is 2.42. The lowest BCUT2D eigenvalue weighted by molar-refractivity contribution is 0.260. The summed E-state index contributed by atoms with van der Waals surface area (Å²) in [6.45, 7) is 0. The van der Waals surface area contributed by atoms with E-state index in [1.807, 2.05) is 30.3 Å². The molecule has 2 aromatic carbocycles. The summed E-state index contributed by atoms with van der Waals surface area (Å²) in [6, 6.07) is 14.7. The van der Waals surface area contributed by atoms with E-state index in [1.54, 1.807) is 12.1 Å². The fraction of sp³-hybridized carbons (Fsp3) is 0. The molecule has 0 bridgehead atoms. The molecule has 0 radical (unpaired) electrons. The quantitative estimate of drug-likeness (QED) is 0.838. The standard InChI is InChI=1S/C7H5ClN2O3S.C6H5Cl/c8-5-1-3-6(4-2-5)9-7(11)10-14(12)13;7-6-4-2-1-3-5-6/h1-4H,(H,9,11);1-5H. The molecule has 0 saturated carbocycles. The molecule has 110 valence electrons. The molecule has 0 aromatic heterocycles. The largest absolute Gasteiger partial charge is 0.360 e. The topological polar surface area (TPSA) is 75.6 Å².